The highest BCUT2D eigenvalue weighted by atomic mass is 24.3. The van der Waals surface area contributed by atoms with Gasteiger partial charge in [-0.15, -0.1) is 0 Å². The van der Waals surface area contributed by atoms with E-state index in [2.05, 4.69) is 6.07 Å². The van der Waals surface area contributed by atoms with Crippen LogP contribution in [0.5, 0.6) is 11.5 Å². The van der Waals surface area contributed by atoms with Crippen molar-refractivity contribution in [1.82, 2.24) is 0 Å². The van der Waals surface area contributed by atoms with Crippen LogP contribution < -0.4 is 9.47 Å². The Labute approximate surface area is 82.7 Å². The molecule has 0 bridgehead atoms. The van der Waals surface area contributed by atoms with Crippen molar-refractivity contribution >= 4 is 23.1 Å². The van der Waals surface area contributed by atoms with E-state index in [9.17, 15) is 0 Å². The second-order valence-corrected chi connectivity index (χ2v) is 1.78. The zero-order chi connectivity index (χ0) is 7.40. The number of benzene rings is 1. The smallest absolute Gasteiger partial charge is 0.316 e. The second-order valence-electron chi connectivity index (χ2n) is 1.78. The molecule has 0 heterocycles. The Morgan fingerprint density at radius 3 is 2.27 bits per heavy atom. The van der Waals surface area contributed by atoms with Gasteiger partial charge in [-0.1, -0.05) is 6.07 Å². The minimum Gasteiger partial charge on any atom is -0.493 e. The molecule has 1 radical (unpaired) electrons. The van der Waals surface area contributed by atoms with Gasteiger partial charge in [-0.3, -0.25) is 0 Å². The van der Waals surface area contributed by atoms with Gasteiger partial charge in [0.1, 0.15) is 0 Å². The predicted octanol–water partition coefficient (Wildman–Crippen LogP) is 0.588. The third kappa shape index (κ3) is 2.59. The van der Waals surface area contributed by atoms with Crippen LogP contribution in [0.25, 0.3) is 0 Å². The minimum atomic E-state index is 0. The predicted molar refractivity (Wildman–Crippen MR) is 46.9 cm³/mol. The molecule has 11 heavy (non-hydrogen) atoms. The lowest BCUT2D eigenvalue weighted by molar-refractivity contribution is 0.355. The summed E-state index contributed by atoms with van der Waals surface area (Å²) in [6, 6.07) is 8.20. The molecule has 0 aliphatic heterocycles. The van der Waals surface area contributed by atoms with Gasteiger partial charge in [-0.05, 0) is 18.2 Å². The Morgan fingerprint density at radius 1 is 1.18 bits per heavy atom. The highest BCUT2D eigenvalue weighted by Gasteiger charge is 1.97. The van der Waals surface area contributed by atoms with E-state index in [1.54, 1.807) is 32.4 Å². The molecule has 1 aromatic rings. The van der Waals surface area contributed by atoms with E-state index in [4.69, 9.17) is 9.47 Å². The Bertz CT molecular complexity index is 190. The average molecular weight is 163 g/mol. The van der Waals surface area contributed by atoms with Gasteiger partial charge in [0, 0.05) is 0 Å². The van der Waals surface area contributed by atoms with Crippen LogP contribution in [0.3, 0.4) is 0 Å². The second kappa shape index (κ2) is 5.26. The monoisotopic (exact) mass is 163 g/mol. The van der Waals surface area contributed by atoms with E-state index in [1.807, 2.05) is 0 Å². The zero-order valence-electron chi connectivity index (χ0n) is 6.05. The molecule has 0 spiro atoms. The summed E-state index contributed by atoms with van der Waals surface area (Å²) < 4.78 is 9.97. The number of rotatable bonds is 2. The van der Waals surface area contributed by atoms with E-state index in [0.717, 1.165) is 5.75 Å². The van der Waals surface area contributed by atoms with Gasteiger partial charge in [0.05, 0.1) is 14.2 Å². The lowest BCUT2D eigenvalue weighted by Gasteiger charge is -2.04. The topological polar surface area (TPSA) is 18.5 Å². The summed E-state index contributed by atoms with van der Waals surface area (Å²) in [6.07, 6.45) is 0. The largest absolute Gasteiger partial charge is 0.493 e. The minimum absolute atomic E-state index is 0. The van der Waals surface area contributed by atoms with Crippen LogP contribution in [0.4, 0.5) is 0 Å². The molecule has 0 N–H and O–H groups in total. The van der Waals surface area contributed by atoms with Crippen molar-refractivity contribution in [3.63, 3.8) is 0 Å². The molecule has 0 amide bonds. The fourth-order valence-corrected chi connectivity index (χ4v) is 0.729. The lowest BCUT2D eigenvalue weighted by atomic mass is 10.3. The maximum atomic E-state index is 4.99. The van der Waals surface area contributed by atoms with Crippen molar-refractivity contribution in [3.8, 4) is 11.5 Å². The van der Waals surface area contributed by atoms with Crippen LogP contribution in [0, 0.1) is 6.07 Å². The molecule has 2 nitrogen and oxygen atoms in total. The summed E-state index contributed by atoms with van der Waals surface area (Å²) >= 11 is 0. The number of hydrogen-bond acceptors (Lipinski definition) is 2. The Balaban J connectivity index is 0.000001000. The maximum absolute atomic E-state index is 4.99. The standard InChI is InChI=1S/C8H9O2.Mg.2H/c1-9-7-5-3-4-6-8(7)10-2;;;/h3,5-6H,1-2H3;;;. The third-order valence-electron chi connectivity index (χ3n) is 1.23. The van der Waals surface area contributed by atoms with E-state index >= 15 is 0 Å². The first-order chi connectivity index (χ1) is 4.88. The van der Waals surface area contributed by atoms with Gasteiger partial charge in [0.25, 0.3) is 0 Å². The summed E-state index contributed by atoms with van der Waals surface area (Å²) in [4.78, 5) is 0. The van der Waals surface area contributed by atoms with E-state index in [-0.39, 0.29) is 23.1 Å². The van der Waals surface area contributed by atoms with E-state index in [1.165, 1.54) is 0 Å². The molecular weight excluding hydrogens is 152 g/mol. The first-order valence-electron chi connectivity index (χ1n) is 2.96. The molecule has 0 aliphatic rings. The van der Waals surface area contributed by atoms with Crippen molar-refractivity contribution in [1.29, 1.82) is 0 Å². The van der Waals surface area contributed by atoms with Gasteiger partial charge in [-0.25, -0.2) is 0 Å². The van der Waals surface area contributed by atoms with Crippen LogP contribution in [0.15, 0.2) is 18.2 Å². The molecule has 0 atom stereocenters. The van der Waals surface area contributed by atoms with Crippen molar-refractivity contribution in [2.75, 3.05) is 14.2 Å². The average Bonchev–Trinajstić information content (AvgIpc) is 2.04. The van der Waals surface area contributed by atoms with Gasteiger partial charge < -0.3 is 9.47 Å². The summed E-state index contributed by atoms with van der Waals surface area (Å²) in [5.41, 5.74) is 0. The quantitative estimate of drug-likeness (QED) is 0.594. The van der Waals surface area contributed by atoms with Crippen molar-refractivity contribution in [2.24, 2.45) is 0 Å². The number of methoxy groups -OCH3 is 2. The molecule has 3 heteroatoms. The molecular formula is C8H11MgO2. The van der Waals surface area contributed by atoms with Crippen molar-refractivity contribution in [3.05, 3.63) is 24.3 Å². The van der Waals surface area contributed by atoms with Gasteiger partial charge in [0.2, 0.25) is 0 Å². The molecule has 0 aromatic heterocycles. The Morgan fingerprint density at radius 2 is 1.82 bits per heavy atom. The normalized spacial score (nSPS) is 8.18. The van der Waals surface area contributed by atoms with Crippen LogP contribution in [0.2, 0.25) is 0 Å². The first kappa shape index (κ1) is 10.6. The number of hydrogen-bond donors (Lipinski definition) is 0. The summed E-state index contributed by atoms with van der Waals surface area (Å²) in [5.74, 6) is 1.45. The van der Waals surface area contributed by atoms with Crippen LogP contribution in [-0.4, -0.2) is 37.3 Å². The third-order valence-corrected chi connectivity index (χ3v) is 1.23. The fourth-order valence-electron chi connectivity index (χ4n) is 0.729. The Kier molecular flexibility index (Phi) is 5.07. The SMILES string of the molecule is COc1c[c]ccc1OC.[MgH2]. The molecule has 0 fully saturated rings. The molecule has 1 rings (SSSR count). The van der Waals surface area contributed by atoms with Crippen molar-refractivity contribution < 1.29 is 9.47 Å². The molecule has 0 aliphatic carbocycles. The molecule has 0 unspecified atom stereocenters. The molecule has 0 saturated carbocycles. The van der Waals surface area contributed by atoms with E-state index < -0.39 is 0 Å². The summed E-state index contributed by atoms with van der Waals surface area (Å²) in [6.45, 7) is 0. The summed E-state index contributed by atoms with van der Waals surface area (Å²) in [5, 5.41) is 0. The highest BCUT2D eigenvalue weighted by Crippen LogP contribution is 2.24. The number of ether oxygens (including phenoxy) is 2. The van der Waals surface area contributed by atoms with E-state index in [0.29, 0.717) is 5.75 Å². The van der Waals surface area contributed by atoms with Crippen LogP contribution in [-0.2, 0) is 0 Å². The Hall–Kier alpha value is -0.414. The zero-order valence-corrected chi connectivity index (χ0v) is 6.05. The summed E-state index contributed by atoms with van der Waals surface area (Å²) in [7, 11) is 3.21. The first-order valence-corrected chi connectivity index (χ1v) is 2.96. The lowest BCUT2D eigenvalue weighted by Crippen LogP contribution is -1.88. The maximum Gasteiger partial charge on any atom is 0.316 e. The van der Waals surface area contributed by atoms with Crippen molar-refractivity contribution in [2.45, 2.75) is 0 Å². The fraction of sp³-hybridized carbons (Fsp3) is 0.250. The van der Waals surface area contributed by atoms with Crippen LogP contribution in [0.1, 0.15) is 0 Å². The molecule has 0 saturated heterocycles. The van der Waals surface area contributed by atoms with Crippen LogP contribution >= 0.6 is 0 Å². The molecule has 57 valence electrons. The van der Waals surface area contributed by atoms with Gasteiger partial charge in [-0.2, -0.15) is 0 Å². The van der Waals surface area contributed by atoms with Gasteiger partial charge in [0.15, 0.2) is 11.5 Å². The molecule has 1 aromatic carbocycles. The highest BCUT2D eigenvalue weighted by molar-refractivity contribution is 5.75. The van der Waals surface area contributed by atoms with Gasteiger partial charge >= 0.3 is 23.1 Å².